The van der Waals surface area contributed by atoms with Crippen LogP contribution in [0.15, 0.2) is 28.9 Å². The minimum atomic E-state index is -1.19. The zero-order valence-corrected chi connectivity index (χ0v) is 14.3. The number of amides is 1. The number of carbonyl (C=O) groups is 2. The van der Waals surface area contributed by atoms with Gasteiger partial charge in [0.1, 0.15) is 0 Å². The molecule has 0 radical (unpaired) electrons. The van der Waals surface area contributed by atoms with Crippen molar-refractivity contribution in [3.63, 3.8) is 0 Å². The topological polar surface area (TPSA) is 82.5 Å². The standard InChI is InChI=1S/C15H13BrClN3O3/c16-8-1-2-11-9(5-8)14(10(17)6-18-11)20-4-3-12(13(21)7-20)19-15(22)23/h1-2,5-6,12,19H,3-4,7H2,(H,22,23). The summed E-state index contributed by atoms with van der Waals surface area (Å²) in [6.07, 6.45) is 0.784. The summed E-state index contributed by atoms with van der Waals surface area (Å²) >= 11 is 9.75. The van der Waals surface area contributed by atoms with Crippen LogP contribution in [0.2, 0.25) is 5.02 Å². The summed E-state index contributed by atoms with van der Waals surface area (Å²) in [5.74, 6) is -0.172. The summed E-state index contributed by atoms with van der Waals surface area (Å²) in [6.45, 7) is 0.637. The van der Waals surface area contributed by atoms with Crippen LogP contribution in [0.5, 0.6) is 0 Å². The predicted molar refractivity (Wildman–Crippen MR) is 91.2 cm³/mol. The Morgan fingerprint density at radius 2 is 2.26 bits per heavy atom. The first kappa shape index (κ1) is 16.0. The highest BCUT2D eigenvalue weighted by Crippen LogP contribution is 2.35. The van der Waals surface area contributed by atoms with E-state index in [1.807, 2.05) is 23.1 Å². The van der Waals surface area contributed by atoms with Gasteiger partial charge < -0.3 is 15.3 Å². The van der Waals surface area contributed by atoms with Crippen LogP contribution in [0.25, 0.3) is 10.9 Å². The Kier molecular flexibility index (Phi) is 4.41. The molecule has 1 atom stereocenters. The molecule has 0 saturated carbocycles. The van der Waals surface area contributed by atoms with E-state index < -0.39 is 12.1 Å². The fraction of sp³-hybridized carbons (Fsp3) is 0.267. The van der Waals surface area contributed by atoms with E-state index in [9.17, 15) is 9.59 Å². The van der Waals surface area contributed by atoms with Crippen LogP contribution < -0.4 is 10.2 Å². The van der Waals surface area contributed by atoms with Crippen LogP contribution >= 0.6 is 27.5 Å². The normalized spacial score (nSPS) is 18.3. The third-order valence-electron chi connectivity index (χ3n) is 3.79. The summed E-state index contributed by atoms with van der Waals surface area (Å²) in [5, 5.41) is 12.3. The molecule has 1 aliphatic heterocycles. The molecule has 0 bridgehead atoms. The SMILES string of the molecule is O=C(O)NC1CCN(c2c(Cl)cnc3ccc(Br)cc23)CC1=O. The van der Waals surface area contributed by atoms with E-state index in [4.69, 9.17) is 16.7 Å². The average Bonchev–Trinajstić information content (AvgIpc) is 2.49. The fourth-order valence-corrected chi connectivity index (χ4v) is 3.39. The molecule has 2 heterocycles. The molecule has 2 aromatic rings. The Balaban J connectivity index is 1.95. The molecule has 1 fully saturated rings. The molecular formula is C15H13BrClN3O3. The Morgan fingerprint density at radius 1 is 1.48 bits per heavy atom. The largest absolute Gasteiger partial charge is 0.465 e. The third kappa shape index (κ3) is 3.25. The van der Waals surface area contributed by atoms with Gasteiger partial charge in [-0.15, -0.1) is 0 Å². The summed E-state index contributed by atoms with van der Waals surface area (Å²) in [6, 6.07) is 5.01. The first-order valence-corrected chi connectivity index (χ1v) is 8.13. The molecule has 0 aliphatic carbocycles. The zero-order chi connectivity index (χ0) is 16.6. The maximum atomic E-state index is 12.2. The highest BCUT2D eigenvalue weighted by atomic mass is 79.9. The number of pyridine rings is 1. The number of Topliss-reactive ketones (excluding diaryl/α,β-unsaturated/α-hetero) is 1. The number of ketones is 1. The molecular weight excluding hydrogens is 386 g/mol. The number of piperidine rings is 1. The number of halogens is 2. The molecule has 1 aromatic carbocycles. The number of nitrogens with one attached hydrogen (secondary N) is 1. The van der Waals surface area contributed by atoms with Crippen molar-refractivity contribution in [2.24, 2.45) is 0 Å². The lowest BCUT2D eigenvalue weighted by molar-refractivity contribution is -0.120. The van der Waals surface area contributed by atoms with Gasteiger partial charge in [-0.3, -0.25) is 9.78 Å². The smallest absolute Gasteiger partial charge is 0.405 e. The Morgan fingerprint density at radius 3 is 2.96 bits per heavy atom. The third-order valence-corrected chi connectivity index (χ3v) is 4.56. The highest BCUT2D eigenvalue weighted by molar-refractivity contribution is 9.10. The molecule has 6 nitrogen and oxygen atoms in total. The Labute approximate surface area is 145 Å². The van der Waals surface area contributed by atoms with E-state index in [0.29, 0.717) is 18.0 Å². The maximum absolute atomic E-state index is 12.2. The van der Waals surface area contributed by atoms with Gasteiger partial charge in [-0.05, 0) is 24.6 Å². The van der Waals surface area contributed by atoms with Crippen molar-refractivity contribution in [3.05, 3.63) is 33.9 Å². The molecule has 8 heteroatoms. The number of carboxylic acid groups (broad SMARTS) is 1. The molecule has 120 valence electrons. The maximum Gasteiger partial charge on any atom is 0.405 e. The number of anilines is 1. The van der Waals surface area contributed by atoms with E-state index in [0.717, 1.165) is 21.1 Å². The van der Waals surface area contributed by atoms with Crippen molar-refractivity contribution in [2.45, 2.75) is 12.5 Å². The molecule has 1 unspecified atom stereocenters. The molecule has 1 amide bonds. The second-order valence-electron chi connectivity index (χ2n) is 5.29. The van der Waals surface area contributed by atoms with Gasteiger partial charge in [-0.25, -0.2) is 4.79 Å². The molecule has 1 aromatic heterocycles. The number of hydrogen-bond donors (Lipinski definition) is 2. The van der Waals surface area contributed by atoms with Crippen molar-refractivity contribution in [3.8, 4) is 0 Å². The van der Waals surface area contributed by atoms with Crippen molar-refractivity contribution in [1.82, 2.24) is 10.3 Å². The van der Waals surface area contributed by atoms with E-state index in [1.54, 1.807) is 6.20 Å². The number of carbonyl (C=O) groups excluding carboxylic acids is 1. The van der Waals surface area contributed by atoms with Crippen LogP contribution in [-0.4, -0.2) is 41.1 Å². The van der Waals surface area contributed by atoms with Gasteiger partial charge in [0.05, 0.1) is 28.8 Å². The number of hydrogen-bond acceptors (Lipinski definition) is 4. The minimum absolute atomic E-state index is 0.107. The summed E-state index contributed by atoms with van der Waals surface area (Å²) in [7, 11) is 0. The predicted octanol–water partition coefficient (Wildman–Crippen LogP) is 3.07. The summed E-state index contributed by atoms with van der Waals surface area (Å²) in [5.41, 5.74) is 1.53. The van der Waals surface area contributed by atoms with Gasteiger partial charge in [0.2, 0.25) is 0 Å². The van der Waals surface area contributed by atoms with Crippen LogP contribution in [0.3, 0.4) is 0 Å². The number of aromatic nitrogens is 1. The van der Waals surface area contributed by atoms with Crippen LogP contribution in [0.4, 0.5) is 10.5 Å². The van der Waals surface area contributed by atoms with Gasteiger partial charge in [0, 0.05) is 22.6 Å². The lowest BCUT2D eigenvalue weighted by Gasteiger charge is -2.33. The minimum Gasteiger partial charge on any atom is -0.465 e. The van der Waals surface area contributed by atoms with Gasteiger partial charge >= 0.3 is 6.09 Å². The number of nitrogens with zero attached hydrogens (tertiary/aromatic N) is 2. The first-order chi connectivity index (χ1) is 11.0. The van der Waals surface area contributed by atoms with Crippen LogP contribution in [0, 0.1) is 0 Å². The average molecular weight is 399 g/mol. The molecule has 23 heavy (non-hydrogen) atoms. The van der Waals surface area contributed by atoms with E-state index >= 15 is 0 Å². The lowest BCUT2D eigenvalue weighted by atomic mass is 10.0. The monoisotopic (exact) mass is 397 g/mol. The molecule has 0 spiro atoms. The first-order valence-electron chi connectivity index (χ1n) is 6.96. The number of benzene rings is 1. The van der Waals surface area contributed by atoms with Crippen LogP contribution in [-0.2, 0) is 4.79 Å². The second-order valence-corrected chi connectivity index (χ2v) is 6.62. The zero-order valence-electron chi connectivity index (χ0n) is 11.9. The molecule has 3 rings (SSSR count). The van der Waals surface area contributed by atoms with E-state index in [2.05, 4.69) is 26.2 Å². The van der Waals surface area contributed by atoms with E-state index in [-0.39, 0.29) is 12.3 Å². The molecule has 1 saturated heterocycles. The summed E-state index contributed by atoms with van der Waals surface area (Å²) in [4.78, 5) is 29.1. The number of rotatable bonds is 2. The van der Waals surface area contributed by atoms with Crippen molar-refractivity contribution in [1.29, 1.82) is 0 Å². The molecule has 2 N–H and O–H groups in total. The Hall–Kier alpha value is -1.86. The molecule has 1 aliphatic rings. The van der Waals surface area contributed by atoms with Gasteiger partial charge in [0.25, 0.3) is 0 Å². The summed E-state index contributed by atoms with van der Waals surface area (Å²) < 4.78 is 0.893. The number of fused-ring (bicyclic) bond motifs is 1. The Bertz CT molecular complexity index is 794. The lowest BCUT2D eigenvalue weighted by Crippen LogP contribution is -2.51. The van der Waals surface area contributed by atoms with Gasteiger partial charge in [0.15, 0.2) is 5.78 Å². The van der Waals surface area contributed by atoms with Gasteiger partial charge in [-0.2, -0.15) is 0 Å². The second kappa shape index (κ2) is 6.33. The quantitative estimate of drug-likeness (QED) is 0.812. The van der Waals surface area contributed by atoms with Crippen molar-refractivity contribution < 1.29 is 14.7 Å². The van der Waals surface area contributed by atoms with Crippen molar-refractivity contribution >= 4 is 56.0 Å². The fourth-order valence-electron chi connectivity index (χ4n) is 2.76. The highest BCUT2D eigenvalue weighted by Gasteiger charge is 2.30. The van der Waals surface area contributed by atoms with Gasteiger partial charge in [-0.1, -0.05) is 27.5 Å². The van der Waals surface area contributed by atoms with Crippen molar-refractivity contribution in [2.75, 3.05) is 18.0 Å². The van der Waals surface area contributed by atoms with E-state index in [1.165, 1.54) is 0 Å². The van der Waals surface area contributed by atoms with Crippen LogP contribution in [0.1, 0.15) is 6.42 Å².